The maximum absolute atomic E-state index is 13.7. The summed E-state index contributed by atoms with van der Waals surface area (Å²) < 4.78 is 26.7. The lowest BCUT2D eigenvalue weighted by molar-refractivity contribution is 0.0944. The van der Waals surface area contributed by atoms with Gasteiger partial charge in [-0.15, -0.1) is 0 Å². The number of amides is 1. The lowest BCUT2D eigenvalue weighted by Gasteiger charge is -2.20. The Morgan fingerprint density at radius 1 is 1.26 bits per heavy atom. The van der Waals surface area contributed by atoms with Crippen molar-refractivity contribution in [1.82, 2.24) is 15.3 Å². The molecule has 0 aliphatic carbocycles. The zero-order valence-electron chi connectivity index (χ0n) is 14.5. The molecule has 1 fully saturated rings. The van der Waals surface area contributed by atoms with Gasteiger partial charge in [-0.05, 0) is 36.6 Å². The summed E-state index contributed by atoms with van der Waals surface area (Å²) >= 11 is 0. The van der Waals surface area contributed by atoms with Crippen LogP contribution in [-0.4, -0.2) is 35.5 Å². The minimum Gasteiger partial charge on any atom is -0.371 e. The molecule has 1 aliphatic rings. The topological polar surface area (TPSA) is 58.1 Å². The van der Waals surface area contributed by atoms with E-state index in [0.29, 0.717) is 6.54 Å². The van der Waals surface area contributed by atoms with E-state index in [1.54, 1.807) is 0 Å². The molecular formula is C20H18F2N4O. The molecule has 0 radical (unpaired) electrons. The smallest absolute Gasteiger partial charge is 0.254 e. The van der Waals surface area contributed by atoms with Gasteiger partial charge in [-0.1, -0.05) is 6.07 Å². The molecule has 0 spiro atoms. The van der Waals surface area contributed by atoms with Crippen molar-refractivity contribution in [1.29, 1.82) is 0 Å². The van der Waals surface area contributed by atoms with Crippen LogP contribution in [0.1, 0.15) is 16.8 Å². The molecule has 1 unspecified atom stereocenters. The molecule has 1 atom stereocenters. The predicted octanol–water partition coefficient (Wildman–Crippen LogP) is 3.16. The van der Waals surface area contributed by atoms with Gasteiger partial charge in [0.15, 0.2) is 0 Å². The predicted molar refractivity (Wildman–Crippen MR) is 98.5 cm³/mol. The number of nitrogens with zero attached hydrogens (tertiary/aromatic N) is 3. The van der Waals surface area contributed by atoms with Crippen molar-refractivity contribution in [3.05, 3.63) is 66.1 Å². The number of fused-ring (bicyclic) bond motifs is 1. The summed E-state index contributed by atoms with van der Waals surface area (Å²) in [6, 6.07) is 8.92. The Morgan fingerprint density at radius 2 is 2.15 bits per heavy atom. The van der Waals surface area contributed by atoms with Gasteiger partial charge in [-0.2, -0.15) is 0 Å². The zero-order chi connectivity index (χ0) is 18.8. The van der Waals surface area contributed by atoms with E-state index in [1.165, 1.54) is 6.33 Å². The maximum Gasteiger partial charge on any atom is 0.254 e. The molecule has 138 valence electrons. The highest BCUT2D eigenvalue weighted by molar-refractivity contribution is 5.94. The van der Waals surface area contributed by atoms with E-state index in [4.69, 9.17) is 0 Å². The number of hydrogen-bond donors (Lipinski definition) is 1. The molecule has 1 aliphatic heterocycles. The highest BCUT2D eigenvalue weighted by Gasteiger charge is 2.25. The van der Waals surface area contributed by atoms with E-state index in [9.17, 15) is 13.6 Å². The normalized spacial score (nSPS) is 16.7. The number of carbonyl (C=O) groups excluding carboxylic acids is 1. The van der Waals surface area contributed by atoms with Crippen molar-refractivity contribution in [2.24, 2.45) is 5.92 Å². The molecule has 1 aromatic heterocycles. The van der Waals surface area contributed by atoms with Crippen molar-refractivity contribution in [2.75, 3.05) is 24.5 Å². The first-order valence-corrected chi connectivity index (χ1v) is 8.79. The molecule has 0 bridgehead atoms. The molecule has 2 aromatic carbocycles. The number of rotatable bonds is 4. The summed E-state index contributed by atoms with van der Waals surface area (Å²) in [6.45, 7) is 2.08. The molecule has 27 heavy (non-hydrogen) atoms. The second-order valence-corrected chi connectivity index (χ2v) is 6.67. The molecule has 4 rings (SSSR count). The molecule has 2 heterocycles. The first kappa shape index (κ1) is 17.3. The van der Waals surface area contributed by atoms with Crippen molar-refractivity contribution in [3.8, 4) is 0 Å². The van der Waals surface area contributed by atoms with E-state index in [-0.39, 0.29) is 11.5 Å². The maximum atomic E-state index is 13.7. The van der Waals surface area contributed by atoms with Crippen LogP contribution in [0.4, 0.5) is 14.5 Å². The first-order valence-electron chi connectivity index (χ1n) is 8.79. The Kier molecular flexibility index (Phi) is 4.66. The Labute approximate surface area is 155 Å². The summed E-state index contributed by atoms with van der Waals surface area (Å²) in [6.07, 6.45) is 4.25. The zero-order valence-corrected chi connectivity index (χ0v) is 14.5. The molecule has 1 saturated heterocycles. The summed E-state index contributed by atoms with van der Waals surface area (Å²) in [4.78, 5) is 22.8. The molecule has 3 aromatic rings. The Bertz CT molecular complexity index is 989. The van der Waals surface area contributed by atoms with Crippen LogP contribution in [0.5, 0.6) is 0 Å². The fourth-order valence-electron chi connectivity index (χ4n) is 3.49. The van der Waals surface area contributed by atoms with E-state index in [2.05, 4.69) is 20.2 Å². The number of halogens is 2. The van der Waals surface area contributed by atoms with Gasteiger partial charge < -0.3 is 10.2 Å². The SMILES string of the molecule is O=C(NCC1CCN(c2cccc3ncncc23)C1)c1ccc(F)cc1F. The third-order valence-electron chi connectivity index (χ3n) is 4.88. The molecule has 7 heteroatoms. The number of hydrogen-bond acceptors (Lipinski definition) is 4. The summed E-state index contributed by atoms with van der Waals surface area (Å²) in [5.41, 5.74) is 1.83. The third-order valence-corrected chi connectivity index (χ3v) is 4.88. The van der Waals surface area contributed by atoms with E-state index < -0.39 is 17.5 Å². The molecule has 1 amide bonds. The summed E-state index contributed by atoms with van der Waals surface area (Å²) in [5.74, 6) is -1.83. The fourth-order valence-corrected chi connectivity index (χ4v) is 3.49. The fraction of sp³-hybridized carbons (Fsp3) is 0.250. The molecule has 5 nitrogen and oxygen atoms in total. The lowest BCUT2D eigenvalue weighted by Crippen LogP contribution is -2.31. The van der Waals surface area contributed by atoms with Crippen LogP contribution < -0.4 is 10.2 Å². The van der Waals surface area contributed by atoms with E-state index in [1.807, 2.05) is 24.4 Å². The molecule has 0 saturated carbocycles. The van der Waals surface area contributed by atoms with E-state index in [0.717, 1.165) is 54.3 Å². The van der Waals surface area contributed by atoms with Crippen LogP contribution in [0.3, 0.4) is 0 Å². The van der Waals surface area contributed by atoms with Crippen LogP contribution in [0.15, 0.2) is 48.9 Å². The first-order chi connectivity index (χ1) is 13.1. The number of anilines is 1. The van der Waals surface area contributed by atoms with Crippen LogP contribution in [-0.2, 0) is 0 Å². The standard InChI is InChI=1S/C20H18F2N4O/c21-14-4-5-15(17(22)8-14)20(27)24-9-13-6-7-26(11-13)19-3-1-2-18-16(19)10-23-12-25-18/h1-5,8,10,12-13H,6-7,9,11H2,(H,24,27). The van der Waals surface area contributed by atoms with Gasteiger partial charge in [-0.3, -0.25) is 4.79 Å². The number of aromatic nitrogens is 2. The van der Waals surface area contributed by atoms with Gasteiger partial charge in [0.2, 0.25) is 0 Å². The third kappa shape index (κ3) is 3.58. The van der Waals surface area contributed by atoms with Crippen LogP contribution in [0.25, 0.3) is 10.9 Å². The number of nitrogens with one attached hydrogen (secondary N) is 1. The number of carbonyl (C=O) groups is 1. The van der Waals surface area contributed by atoms with Gasteiger partial charge in [0.05, 0.1) is 11.1 Å². The van der Waals surface area contributed by atoms with Crippen LogP contribution >= 0.6 is 0 Å². The average molecular weight is 368 g/mol. The monoisotopic (exact) mass is 368 g/mol. The minimum absolute atomic E-state index is 0.141. The summed E-state index contributed by atoms with van der Waals surface area (Å²) in [7, 11) is 0. The van der Waals surface area contributed by atoms with Gasteiger partial charge in [0, 0.05) is 43.0 Å². The average Bonchev–Trinajstić information content (AvgIpc) is 3.14. The van der Waals surface area contributed by atoms with Crippen LogP contribution in [0, 0.1) is 17.6 Å². The highest BCUT2D eigenvalue weighted by Crippen LogP contribution is 2.29. The van der Waals surface area contributed by atoms with Crippen molar-refractivity contribution in [2.45, 2.75) is 6.42 Å². The molecule has 1 N–H and O–H groups in total. The number of benzene rings is 2. The van der Waals surface area contributed by atoms with Crippen LogP contribution in [0.2, 0.25) is 0 Å². The second-order valence-electron chi connectivity index (χ2n) is 6.67. The van der Waals surface area contributed by atoms with Gasteiger partial charge in [0.1, 0.15) is 18.0 Å². The van der Waals surface area contributed by atoms with Crippen molar-refractivity contribution < 1.29 is 13.6 Å². The van der Waals surface area contributed by atoms with Gasteiger partial charge in [-0.25, -0.2) is 18.7 Å². The second kappa shape index (κ2) is 7.26. The van der Waals surface area contributed by atoms with Gasteiger partial charge in [0.25, 0.3) is 5.91 Å². The van der Waals surface area contributed by atoms with Gasteiger partial charge >= 0.3 is 0 Å². The Hall–Kier alpha value is -3.09. The largest absolute Gasteiger partial charge is 0.371 e. The lowest BCUT2D eigenvalue weighted by atomic mass is 10.1. The van der Waals surface area contributed by atoms with E-state index >= 15 is 0 Å². The minimum atomic E-state index is -0.851. The van der Waals surface area contributed by atoms with Crippen molar-refractivity contribution in [3.63, 3.8) is 0 Å². The summed E-state index contributed by atoms with van der Waals surface area (Å²) in [5, 5.41) is 3.76. The highest BCUT2D eigenvalue weighted by atomic mass is 19.1. The molecular weight excluding hydrogens is 350 g/mol. The van der Waals surface area contributed by atoms with Crippen molar-refractivity contribution >= 4 is 22.5 Å². The quantitative estimate of drug-likeness (QED) is 0.769. The Balaban J connectivity index is 1.40. The Morgan fingerprint density at radius 3 is 3.00 bits per heavy atom.